The number of benzene rings is 1. The van der Waals surface area contributed by atoms with E-state index in [0.29, 0.717) is 11.1 Å². The van der Waals surface area contributed by atoms with Gasteiger partial charge in [-0.15, -0.1) is 11.3 Å². The van der Waals surface area contributed by atoms with Gasteiger partial charge in [0.25, 0.3) is 0 Å². The Bertz CT molecular complexity index is 860. The van der Waals surface area contributed by atoms with Gasteiger partial charge in [-0.25, -0.2) is 4.79 Å². The van der Waals surface area contributed by atoms with Crippen molar-refractivity contribution in [3.63, 3.8) is 0 Å². The standard InChI is InChI=1S/C17H15NO3S/c1-10-7-13(11(2)22-10)17(20)21-9-16(19)14-8-18-15-6-4-3-5-12(14)15/h3-8,18H,9H2,1-2H3. The molecule has 0 atom stereocenters. The van der Waals surface area contributed by atoms with Crippen LogP contribution in [0.4, 0.5) is 0 Å². The van der Waals surface area contributed by atoms with E-state index < -0.39 is 5.97 Å². The molecule has 2 heterocycles. The molecule has 0 aliphatic rings. The lowest BCUT2D eigenvalue weighted by Crippen LogP contribution is -2.14. The average Bonchev–Trinajstić information content (AvgIpc) is 3.07. The molecule has 0 radical (unpaired) electrons. The number of hydrogen-bond donors (Lipinski definition) is 1. The Balaban J connectivity index is 1.72. The summed E-state index contributed by atoms with van der Waals surface area (Å²) in [4.78, 5) is 29.3. The van der Waals surface area contributed by atoms with Gasteiger partial charge in [0.05, 0.1) is 5.56 Å². The number of H-pyrrole nitrogens is 1. The van der Waals surface area contributed by atoms with Crippen LogP contribution < -0.4 is 0 Å². The average molecular weight is 313 g/mol. The monoisotopic (exact) mass is 313 g/mol. The van der Waals surface area contributed by atoms with Crippen molar-refractivity contribution in [1.82, 2.24) is 4.98 Å². The summed E-state index contributed by atoms with van der Waals surface area (Å²) in [5.41, 5.74) is 1.97. The molecule has 0 unspecified atom stereocenters. The van der Waals surface area contributed by atoms with Crippen LogP contribution >= 0.6 is 11.3 Å². The molecule has 112 valence electrons. The third kappa shape index (κ3) is 2.67. The largest absolute Gasteiger partial charge is 0.454 e. The number of esters is 1. The Kier molecular flexibility index (Phi) is 3.81. The molecular formula is C17H15NO3S. The van der Waals surface area contributed by atoms with Gasteiger partial charge in [-0.2, -0.15) is 0 Å². The van der Waals surface area contributed by atoms with Crippen molar-refractivity contribution < 1.29 is 14.3 Å². The van der Waals surface area contributed by atoms with Crippen LogP contribution in [0, 0.1) is 13.8 Å². The number of rotatable bonds is 4. The van der Waals surface area contributed by atoms with Gasteiger partial charge in [0.15, 0.2) is 6.61 Å². The fourth-order valence-corrected chi connectivity index (χ4v) is 3.33. The van der Waals surface area contributed by atoms with Crippen LogP contribution in [0.15, 0.2) is 36.5 Å². The van der Waals surface area contributed by atoms with E-state index in [4.69, 9.17) is 4.74 Å². The Morgan fingerprint density at radius 2 is 1.95 bits per heavy atom. The highest BCUT2D eigenvalue weighted by atomic mass is 32.1. The lowest BCUT2D eigenvalue weighted by atomic mass is 10.1. The van der Waals surface area contributed by atoms with Crippen molar-refractivity contribution in [3.8, 4) is 0 Å². The number of aromatic amines is 1. The van der Waals surface area contributed by atoms with Crippen molar-refractivity contribution in [1.29, 1.82) is 0 Å². The van der Waals surface area contributed by atoms with E-state index in [1.807, 2.05) is 38.1 Å². The number of ketones is 1. The summed E-state index contributed by atoms with van der Waals surface area (Å²) < 4.78 is 5.16. The van der Waals surface area contributed by atoms with Crippen molar-refractivity contribution in [2.75, 3.05) is 6.61 Å². The summed E-state index contributed by atoms with van der Waals surface area (Å²) in [6.45, 7) is 3.55. The summed E-state index contributed by atoms with van der Waals surface area (Å²) >= 11 is 1.54. The number of carbonyl (C=O) groups excluding carboxylic acids is 2. The maximum Gasteiger partial charge on any atom is 0.339 e. The molecule has 0 fully saturated rings. The molecule has 22 heavy (non-hydrogen) atoms. The Labute approximate surface area is 131 Å². The molecule has 0 saturated carbocycles. The van der Waals surface area contributed by atoms with E-state index in [2.05, 4.69) is 4.98 Å². The van der Waals surface area contributed by atoms with E-state index in [9.17, 15) is 9.59 Å². The topological polar surface area (TPSA) is 59.2 Å². The highest BCUT2D eigenvalue weighted by molar-refractivity contribution is 7.12. The molecule has 3 rings (SSSR count). The lowest BCUT2D eigenvalue weighted by Gasteiger charge is -2.03. The summed E-state index contributed by atoms with van der Waals surface area (Å²) in [5, 5.41) is 0.839. The van der Waals surface area contributed by atoms with Gasteiger partial charge < -0.3 is 9.72 Å². The van der Waals surface area contributed by atoms with E-state index in [1.54, 1.807) is 23.6 Å². The zero-order valence-corrected chi connectivity index (χ0v) is 13.1. The first-order chi connectivity index (χ1) is 10.6. The summed E-state index contributed by atoms with van der Waals surface area (Å²) in [5.74, 6) is -0.662. The van der Waals surface area contributed by atoms with Crippen LogP contribution in [0.25, 0.3) is 10.9 Å². The number of aryl methyl sites for hydroxylation is 2. The van der Waals surface area contributed by atoms with Crippen molar-refractivity contribution >= 4 is 34.0 Å². The molecule has 0 aliphatic carbocycles. The normalized spacial score (nSPS) is 10.8. The minimum absolute atomic E-state index is 0.213. The molecule has 0 spiro atoms. The molecule has 1 aromatic carbocycles. The molecule has 4 nitrogen and oxygen atoms in total. The fraction of sp³-hybridized carbons (Fsp3) is 0.176. The first-order valence-electron chi connectivity index (χ1n) is 6.89. The fourth-order valence-electron chi connectivity index (χ4n) is 2.42. The molecule has 3 aromatic rings. The third-order valence-corrected chi connectivity index (χ3v) is 4.45. The van der Waals surface area contributed by atoms with Gasteiger partial charge in [0.1, 0.15) is 0 Å². The maximum absolute atomic E-state index is 12.3. The highest BCUT2D eigenvalue weighted by Gasteiger charge is 2.17. The van der Waals surface area contributed by atoms with E-state index in [0.717, 1.165) is 20.7 Å². The number of aromatic nitrogens is 1. The van der Waals surface area contributed by atoms with Crippen LogP contribution in [-0.2, 0) is 4.74 Å². The molecule has 0 saturated heterocycles. The molecule has 0 aliphatic heterocycles. The van der Waals surface area contributed by atoms with Gasteiger partial charge in [-0.1, -0.05) is 18.2 Å². The molecule has 5 heteroatoms. The Hall–Kier alpha value is -2.40. The molecule has 0 bridgehead atoms. The van der Waals surface area contributed by atoms with Gasteiger partial charge in [-0.05, 0) is 26.0 Å². The lowest BCUT2D eigenvalue weighted by molar-refractivity contribution is 0.0475. The third-order valence-electron chi connectivity index (χ3n) is 3.48. The zero-order chi connectivity index (χ0) is 15.7. The van der Waals surface area contributed by atoms with Gasteiger partial charge in [0.2, 0.25) is 5.78 Å². The van der Waals surface area contributed by atoms with E-state index in [-0.39, 0.29) is 12.4 Å². The van der Waals surface area contributed by atoms with Crippen molar-refractivity contribution in [3.05, 3.63) is 57.4 Å². The van der Waals surface area contributed by atoms with Crippen LogP contribution in [0.3, 0.4) is 0 Å². The van der Waals surface area contributed by atoms with Gasteiger partial charge in [0, 0.05) is 32.4 Å². The predicted molar refractivity (Wildman–Crippen MR) is 86.7 cm³/mol. The number of para-hydroxylation sites is 1. The van der Waals surface area contributed by atoms with Crippen LogP contribution in [-0.4, -0.2) is 23.3 Å². The van der Waals surface area contributed by atoms with Gasteiger partial charge in [-0.3, -0.25) is 4.79 Å². The summed E-state index contributed by atoms with van der Waals surface area (Å²) in [7, 11) is 0. The number of nitrogens with one attached hydrogen (secondary N) is 1. The second kappa shape index (κ2) is 5.77. The number of carbonyl (C=O) groups is 2. The first-order valence-corrected chi connectivity index (χ1v) is 7.71. The molecule has 2 aromatic heterocycles. The van der Waals surface area contributed by atoms with Crippen molar-refractivity contribution in [2.45, 2.75) is 13.8 Å². The maximum atomic E-state index is 12.3. The summed E-state index contributed by atoms with van der Waals surface area (Å²) in [6, 6.07) is 9.33. The summed E-state index contributed by atoms with van der Waals surface area (Å²) in [6.07, 6.45) is 1.65. The second-order valence-corrected chi connectivity index (χ2v) is 6.53. The number of thiophene rings is 1. The van der Waals surface area contributed by atoms with Gasteiger partial charge >= 0.3 is 5.97 Å². The predicted octanol–water partition coefficient (Wildman–Crippen LogP) is 3.89. The SMILES string of the molecule is Cc1cc(C(=O)OCC(=O)c2c[nH]c3ccccc23)c(C)s1. The Morgan fingerprint density at radius 1 is 1.18 bits per heavy atom. The number of ether oxygens (including phenoxy) is 1. The second-order valence-electron chi connectivity index (χ2n) is 5.07. The number of fused-ring (bicyclic) bond motifs is 1. The molecule has 0 amide bonds. The molecular weight excluding hydrogens is 298 g/mol. The van der Waals surface area contributed by atoms with E-state index >= 15 is 0 Å². The zero-order valence-electron chi connectivity index (χ0n) is 12.3. The number of Topliss-reactive ketones (excluding diaryl/α,β-unsaturated/α-hetero) is 1. The quantitative estimate of drug-likeness (QED) is 0.587. The van der Waals surface area contributed by atoms with Crippen LogP contribution in [0.1, 0.15) is 30.5 Å². The number of hydrogen-bond acceptors (Lipinski definition) is 4. The van der Waals surface area contributed by atoms with Crippen molar-refractivity contribution in [2.24, 2.45) is 0 Å². The molecule has 1 N–H and O–H groups in total. The minimum atomic E-state index is -0.449. The highest BCUT2D eigenvalue weighted by Crippen LogP contribution is 2.22. The first kappa shape index (κ1) is 14.5. The minimum Gasteiger partial charge on any atom is -0.454 e. The smallest absolute Gasteiger partial charge is 0.339 e. The Morgan fingerprint density at radius 3 is 2.68 bits per heavy atom. The van der Waals surface area contributed by atoms with E-state index in [1.165, 1.54) is 0 Å². The van der Waals surface area contributed by atoms with Crippen LogP contribution in [0.2, 0.25) is 0 Å². The van der Waals surface area contributed by atoms with Crippen LogP contribution in [0.5, 0.6) is 0 Å².